The summed E-state index contributed by atoms with van der Waals surface area (Å²) in [6.07, 6.45) is -0.567. The average Bonchev–Trinajstić information content (AvgIpc) is 2.96. The molecule has 1 aromatic carbocycles. The van der Waals surface area contributed by atoms with E-state index < -0.39 is 13.9 Å². The number of rotatable bonds is 6. The Labute approximate surface area is 166 Å². The van der Waals surface area contributed by atoms with Crippen LogP contribution in [0.1, 0.15) is 24.1 Å². The number of carbonyl (C=O) groups is 1. The minimum absolute atomic E-state index is 0.0654. The van der Waals surface area contributed by atoms with Crippen molar-refractivity contribution in [2.24, 2.45) is 0 Å². The molecular formula is C17H21ClN3O6P. The van der Waals surface area contributed by atoms with Crippen molar-refractivity contribution in [3.63, 3.8) is 0 Å². The summed E-state index contributed by atoms with van der Waals surface area (Å²) >= 11 is 6.22. The van der Waals surface area contributed by atoms with E-state index in [-0.39, 0.29) is 25.1 Å². The minimum Gasteiger partial charge on any atom is -0.495 e. The number of pyridine rings is 1. The van der Waals surface area contributed by atoms with Crippen molar-refractivity contribution in [2.45, 2.75) is 19.5 Å². The lowest BCUT2D eigenvalue weighted by Gasteiger charge is -2.22. The first-order valence-corrected chi connectivity index (χ1v) is 10.6. The predicted molar refractivity (Wildman–Crippen MR) is 105 cm³/mol. The van der Waals surface area contributed by atoms with Gasteiger partial charge in [0.15, 0.2) is 0 Å². The normalized spacial score (nSPS) is 16.4. The molecule has 0 fully saturated rings. The molecule has 1 aromatic heterocycles. The van der Waals surface area contributed by atoms with Crippen molar-refractivity contribution >= 4 is 41.8 Å². The Kier molecular flexibility index (Phi) is 5.84. The molecule has 0 aliphatic carbocycles. The molecule has 1 atom stereocenters. The highest BCUT2D eigenvalue weighted by Gasteiger charge is 2.35. The Morgan fingerprint density at radius 3 is 2.75 bits per heavy atom. The molecule has 28 heavy (non-hydrogen) atoms. The number of amides is 1. The Balaban J connectivity index is 2.17. The van der Waals surface area contributed by atoms with E-state index in [0.29, 0.717) is 27.7 Å². The molecule has 3 rings (SSSR count). The fourth-order valence-electron chi connectivity index (χ4n) is 3.42. The molecule has 1 aliphatic heterocycles. The smallest absolute Gasteiger partial charge is 0.344 e. The van der Waals surface area contributed by atoms with E-state index >= 15 is 0 Å². The summed E-state index contributed by atoms with van der Waals surface area (Å²) in [4.78, 5) is 37.0. The number of halogens is 1. The molecule has 0 saturated carbocycles. The molecule has 9 nitrogen and oxygen atoms in total. The summed E-state index contributed by atoms with van der Waals surface area (Å²) in [6, 6.07) is 3.10. The third-order valence-corrected chi connectivity index (χ3v) is 5.52. The van der Waals surface area contributed by atoms with E-state index in [1.165, 1.54) is 14.2 Å². The summed E-state index contributed by atoms with van der Waals surface area (Å²) in [5.74, 6) is 0.593. The predicted octanol–water partition coefficient (Wildman–Crippen LogP) is 2.49. The number of fused-ring (bicyclic) bond motifs is 3. The fourth-order valence-corrected chi connectivity index (χ4v) is 4.01. The van der Waals surface area contributed by atoms with Gasteiger partial charge in [-0.2, -0.15) is 0 Å². The third kappa shape index (κ3) is 3.94. The van der Waals surface area contributed by atoms with E-state index in [1.54, 1.807) is 17.0 Å². The van der Waals surface area contributed by atoms with Crippen molar-refractivity contribution < 1.29 is 28.6 Å². The molecule has 2 heterocycles. The van der Waals surface area contributed by atoms with Gasteiger partial charge in [-0.3, -0.25) is 9.36 Å². The topological polar surface area (TPSA) is 121 Å². The highest BCUT2D eigenvalue weighted by Crippen LogP contribution is 2.44. The molecule has 152 valence electrons. The molecule has 3 N–H and O–H groups in total. The van der Waals surface area contributed by atoms with Gasteiger partial charge in [-0.05, 0) is 24.6 Å². The van der Waals surface area contributed by atoms with Crippen LogP contribution >= 0.6 is 19.2 Å². The quantitative estimate of drug-likeness (QED) is 0.599. The summed E-state index contributed by atoms with van der Waals surface area (Å²) in [5, 5.41) is 3.84. The highest BCUT2D eigenvalue weighted by atomic mass is 35.5. The van der Waals surface area contributed by atoms with Crippen molar-refractivity contribution in [1.82, 2.24) is 9.88 Å². The van der Waals surface area contributed by atoms with Crippen LogP contribution in [0, 0.1) is 0 Å². The zero-order valence-corrected chi connectivity index (χ0v) is 17.3. The summed E-state index contributed by atoms with van der Waals surface area (Å²) < 4.78 is 21.6. The van der Waals surface area contributed by atoms with E-state index in [9.17, 15) is 19.1 Å². The Morgan fingerprint density at radius 1 is 1.43 bits per heavy atom. The van der Waals surface area contributed by atoms with E-state index in [1.807, 2.05) is 6.92 Å². The monoisotopic (exact) mass is 429 g/mol. The second kappa shape index (κ2) is 7.85. The van der Waals surface area contributed by atoms with Gasteiger partial charge in [-0.25, -0.2) is 4.98 Å². The molecule has 1 amide bonds. The van der Waals surface area contributed by atoms with E-state index in [0.717, 1.165) is 10.9 Å². The number of benzene rings is 1. The Bertz CT molecular complexity index is 979. The summed E-state index contributed by atoms with van der Waals surface area (Å²) in [7, 11) is -1.34. The van der Waals surface area contributed by atoms with Crippen LogP contribution in [0.25, 0.3) is 10.9 Å². The lowest BCUT2D eigenvalue weighted by Crippen LogP contribution is -2.31. The standard InChI is InChI=1S/C17H21ClN3O6P/c1-9-16-10-4-14(27-3)12(18)5-13(10)20-17(19-8-28(23,24)25)11(16)6-21(9)15(22)7-26-2/h4-5,9H,6-8H2,1-3H3,(H,19,20)(H2,23,24,25)/t9-/m0/s1. The maximum Gasteiger partial charge on any atom is 0.344 e. The number of nitrogens with zero attached hydrogens (tertiary/aromatic N) is 2. The van der Waals surface area contributed by atoms with Crippen LogP contribution < -0.4 is 10.1 Å². The average molecular weight is 430 g/mol. The van der Waals surface area contributed by atoms with Crippen LogP contribution in [0.5, 0.6) is 5.75 Å². The van der Waals surface area contributed by atoms with Gasteiger partial charge in [-0.1, -0.05) is 11.6 Å². The van der Waals surface area contributed by atoms with Crippen LogP contribution in [-0.2, 0) is 20.6 Å². The largest absolute Gasteiger partial charge is 0.495 e. The Morgan fingerprint density at radius 2 is 2.14 bits per heavy atom. The summed E-state index contributed by atoms with van der Waals surface area (Å²) in [6.45, 7) is 2.06. The molecule has 0 saturated heterocycles. The number of hydrogen-bond donors (Lipinski definition) is 3. The van der Waals surface area contributed by atoms with Crippen molar-refractivity contribution in [2.75, 3.05) is 32.4 Å². The summed E-state index contributed by atoms with van der Waals surface area (Å²) in [5.41, 5.74) is 2.06. The molecule has 0 spiro atoms. The van der Waals surface area contributed by atoms with Gasteiger partial charge >= 0.3 is 7.60 Å². The first-order valence-electron chi connectivity index (χ1n) is 8.43. The van der Waals surface area contributed by atoms with Crippen molar-refractivity contribution in [3.05, 3.63) is 28.3 Å². The molecule has 2 aromatic rings. The van der Waals surface area contributed by atoms with Gasteiger partial charge in [0.25, 0.3) is 0 Å². The number of nitrogens with one attached hydrogen (secondary N) is 1. The van der Waals surface area contributed by atoms with E-state index in [2.05, 4.69) is 10.3 Å². The van der Waals surface area contributed by atoms with Gasteiger partial charge in [0.05, 0.1) is 30.2 Å². The number of ether oxygens (including phenoxy) is 2. The SMILES string of the molecule is COCC(=O)N1Cc2c(NCP(=O)(O)O)nc3cc(Cl)c(OC)cc3c2[C@@H]1C. The zero-order valence-electron chi connectivity index (χ0n) is 15.6. The fraction of sp³-hybridized carbons (Fsp3) is 0.412. The minimum atomic E-state index is -4.30. The van der Waals surface area contributed by atoms with Gasteiger partial charge in [0.1, 0.15) is 24.5 Å². The number of anilines is 1. The van der Waals surface area contributed by atoms with Crippen LogP contribution in [-0.4, -0.2) is 52.7 Å². The Hall–Kier alpha value is -1.90. The zero-order chi connectivity index (χ0) is 20.6. The molecule has 0 unspecified atom stereocenters. The molecule has 0 bridgehead atoms. The lowest BCUT2D eigenvalue weighted by atomic mass is 10.00. The number of hydrogen-bond acceptors (Lipinski definition) is 6. The van der Waals surface area contributed by atoms with Crippen LogP contribution in [0.4, 0.5) is 5.82 Å². The van der Waals surface area contributed by atoms with Gasteiger partial charge in [-0.15, -0.1) is 0 Å². The lowest BCUT2D eigenvalue weighted by molar-refractivity contribution is -0.137. The third-order valence-electron chi connectivity index (χ3n) is 4.66. The number of carbonyl (C=O) groups excluding carboxylic acids is 1. The number of aromatic nitrogens is 1. The first kappa shape index (κ1) is 20.8. The maximum atomic E-state index is 12.5. The maximum absolute atomic E-state index is 12.5. The van der Waals surface area contributed by atoms with E-state index in [4.69, 9.17) is 21.1 Å². The first-order chi connectivity index (χ1) is 13.2. The highest BCUT2D eigenvalue weighted by molar-refractivity contribution is 7.51. The van der Waals surface area contributed by atoms with Gasteiger partial charge in [0.2, 0.25) is 5.91 Å². The molecule has 11 heteroatoms. The molecule has 0 radical (unpaired) electrons. The van der Waals surface area contributed by atoms with Crippen LogP contribution in [0.2, 0.25) is 5.02 Å². The molecule has 1 aliphatic rings. The molecular weight excluding hydrogens is 409 g/mol. The second-order valence-corrected chi connectivity index (χ2v) is 8.54. The second-order valence-electron chi connectivity index (χ2n) is 6.49. The van der Waals surface area contributed by atoms with Crippen LogP contribution in [0.15, 0.2) is 12.1 Å². The van der Waals surface area contributed by atoms with Gasteiger partial charge < -0.3 is 29.5 Å². The van der Waals surface area contributed by atoms with Crippen molar-refractivity contribution in [1.29, 1.82) is 0 Å². The van der Waals surface area contributed by atoms with Crippen molar-refractivity contribution in [3.8, 4) is 5.75 Å². The van der Waals surface area contributed by atoms with Crippen LogP contribution in [0.3, 0.4) is 0 Å². The number of methoxy groups -OCH3 is 2. The van der Waals surface area contributed by atoms with Gasteiger partial charge in [0, 0.05) is 18.1 Å².